The Morgan fingerprint density at radius 1 is 0.714 bits per heavy atom. The van der Waals surface area contributed by atoms with Crippen LogP contribution in [0.2, 0.25) is 10.0 Å². The van der Waals surface area contributed by atoms with Gasteiger partial charge in [-0.15, -0.1) is 0 Å². The summed E-state index contributed by atoms with van der Waals surface area (Å²) in [6.45, 7) is 34.4. The number of ether oxygens (including phenoxy) is 2. The van der Waals surface area contributed by atoms with Gasteiger partial charge in [0, 0.05) is 15.7 Å². The summed E-state index contributed by atoms with van der Waals surface area (Å²) in [4.78, 5) is 30.7. The molecule has 0 radical (unpaired) electrons. The number of amides is 1. The largest absolute Gasteiger partial charge is 0.466 e. The fourth-order valence-corrected chi connectivity index (χ4v) is 6.96. The van der Waals surface area contributed by atoms with Crippen molar-refractivity contribution in [3.8, 4) is 11.5 Å². The number of hydrogen-bond acceptors (Lipinski definition) is 6. The number of benzene rings is 5. The van der Waals surface area contributed by atoms with Crippen molar-refractivity contribution in [2.75, 3.05) is 11.9 Å². The number of hydrogen-bond donors (Lipinski definition) is 2. The minimum Gasteiger partial charge on any atom is -0.466 e. The fourth-order valence-electron chi connectivity index (χ4n) is 5.92. The number of aryl methyl sites for hydroxylation is 4. The SMILES string of the molecule is C.C.CCOC(=O)Cc1cc(C)c(C)c(C)c1.[C-]#[N+]c1cc(Cl)cc(C(C)(C)C)c1.[C-]#[N+]c1cc(Cl)cc(Oc2cc(CC(=O)Nc3ccc(S(N)(=O)=O)cc3C)cc(C)c2C)c1. The van der Waals surface area contributed by atoms with Gasteiger partial charge in [-0.2, -0.15) is 0 Å². The monoisotopic (exact) mass is 914 g/mol. The fraction of sp³-hybridized carbons (Fsp3) is 0.320. The quantitative estimate of drug-likeness (QED) is 0.112. The van der Waals surface area contributed by atoms with Gasteiger partial charge in [-0.25, -0.2) is 23.2 Å². The molecule has 0 unspecified atom stereocenters. The van der Waals surface area contributed by atoms with Crippen molar-refractivity contribution in [2.24, 2.45) is 5.14 Å². The van der Waals surface area contributed by atoms with Gasteiger partial charge in [-0.1, -0.05) is 88.7 Å². The number of nitrogens with two attached hydrogens (primary N) is 1. The Balaban J connectivity index is 0.000000548. The lowest BCUT2D eigenvalue weighted by atomic mass is 9.87. The summed E-state index contributed by atoms with van der Waals surface area (Å²) in [6, 6.07) is 22.3. The lowest BCUT2D eigenvalue weighted by molar-refractivity contribution is -0.142. The van der Waals surface area contributed by atoms with E-state index in [-0.39, 0.29) is 43.5 Å². The summed E-state index contributed by atoms with van der Waals surface area (Å²) in [5, 5.41) is 8.98. The normalized spacial score (nSPS) is 10.5. The van der Waals surface area contributed by atoms with Gasteiger partial charge in [-0.3, -0.25) is 9.59 Å². The van der Waals surface area contributed by atoms with Gasteiger partial charge in [0.1, 0.15) is 11.5 Å². The number of sulfonamides is 1. The van der Waals surface area contributed by atoms with Crippen LogP contribution in [0.4, 0.5) is 17.1 Å². The molecule has 0 aliphatic heterocycles. The Morgan fingerprint density at radius 2 is 1.24 bits per heavy atom. The van der Waals surface area contributed by atoms with Crippen molar-refractivity contribution in [2.45, 2.75) is 107 Å². The molecular weight excluding hydrogens is 856 g/mol. The van der Waals surface area contributed by atoms with Crippen molar-refractivity contribution in [1.82, 2.24) is 0 Å². The van der Waals surface area contributed by atoms with Gasteiger partial charge < -0.3 is 14.8 Å². The zero-order chi connectivity index (χ0) is 45.8. The first kappa shape index (κ1) is 55.3. The molecule has 10 nitrogen and oxygen atoms in total. The first-order chi connectivity index (χ1) is 28.4. The lowest BCUT2D eigenvalue weighted by Gasteiger charge is -2.19. The van der Waals surface area contributed by atoms with Crippen LogP contribution in [0.5, 0.6) is 11.5 Å². The van der Waals surface area contributed by atoms with Crippen molar-refractivity contribution in [1.29, 1.82) is 0 Å². The van der Waals surface area contributed by atoms with Crippen molar-refractivity contribution >= 4 is 62.2 Å². The topological polar surface area (TPSA) is 134 Å². The molecular formula is C50H60Cl2N4O6S. The van der Waals surface area contributed by atoms with E-state index in [9.17, 15) is 18.0 Å². The van der Waals surface area contributed by atoms with Gasteiger partial charge in [-0.05, 0) is 153 Å². The maximum absolute atomic E-state index is 12.7. The van der Waals surface area contributed by atoms with Crippen LogP contribution in [-0.4, -0.2) is 26.9 Å². The van der Waals surface area contributed by atoms with Crippen LogP contribution < -0.4 is 15.2 Å². The summed E-state index contributed by atoms with van der Waals surface area (Å²) >= 11 is 12.0. The minimum absolute atomic E-state index is 0. The average molecular weight is 916 g/mol. The molecule has 5 rings (SSSR count). The number of nitrogens with one attached hydrogen (secondary N) is 1. The van der Waals surface area contributed by atoms with Crippen molar-refractivity contribution < 1.29 is 27.5 Å². The van der Waals surface area contributed by atoms with Gasteiger partial charge >= 0.3 is 5.97 Å². The van der Waals surface area contributed by atoms with Crippen LogP contribution in [0.15, 0.2) is 83.8 Å². The average Bonchev–Trinajstić information content (AvgIpc) is 3.16. The van der Waals surface area contributed by atoms with E-state index in [4.69, 9.17) is 51.0 Å². The number of carbonyl (C=O) groups is 2. The summed E-state index contributed by atoms with van der Waals surface area (Å²) in [5.74, 6) is 0.571. The van der Waals surface area contributed by atoms with Crippen LogP contribution in [-0.2, 0) is 42.6 Å². The van der Waals surface area contributed by atoms with Crippen molar-refractivity contribution in [3.05, 3.63) is 162 Å². The van der Waals surface area contributed by atoms with E-state index in [1.54, 1.807) is 37.3 Å². The second kappa shape index (κ2) is 24.2. The molecule has 0 aliphatic carbocycles. The van der Waals surface area contributed by atoms with Crippen LogP contribution >= 0.6 is 23.2 Å². The molecule has 13 heteroatoms. The van der Waals surface area contributed by atoms with E-state index in [0.29, 0.717) is 57.2 Å². The third-order valence-electron chi connectivity index (χ3n) is 9.58. The minimum atomic E-state index is -3.82. The summed E-state index contributed by atoms with van der Waals surface area (Å²) in [6.07, 6.45) is 0.451. The van der Waals surface area contributed by atoms with Crippen LogP contribution in [0.1, 0.15) is 92.6 Å². The molecule has 0 aliphatic rings. The number of esters is 1. The predicted octanol–water partition coefficient (Wildman–Crippen LogP) is 13.6. The van der Waals surface area contributed by atoms with Crippen LogP contribution in [0.3, 0.4) is 0 Å². The maximum Gasteiger partial charge on any atom is 0.310 e. The number of primary sulfonamides is 1. The first-order valence-corrected chi connectivity index (χ1v) is 21.5. The third kappa shape index (κ3) is 17.2. The zero-order valence-corrected chi connectivity index (χ0v) is 38.5. The predicted molar refractivity (Wildman–Crippen MR) is 259 cm³/mol. The Labute approximate surface area is 385 Å². The third-order valence-corrected chi connectivity index (χ3v) is 10.9. The molecule has 0 bridgehead atoms. The van der Waals surface area contributed by atoms with Gasteiger partial charge in [0.05, 0.1) is 37.5 Å². The van der Waals surface area contributed by atoms with E-state index >= 15 is 0 Å². The Morgan fingerprint density at radius 3 is 1.75 bits per heavy atom. The highest BCUT2D eigenvalue weighted by atomic mass is 35.5. The molecule has 3 N–H and O–H groups in total. The second-order valence-corrected chi connectivity index (χ2v) is 18.0. The standard InChI is InChI=1S/C24H22ClN3O4S.C13H18O2.C11H12ClN.2CH4/c1-14-7-17(9-23(16(14)3)32-20-12-18(25)11-19(13-20)27-4)10-24(29)28-22-6-5-21(8-15(22)2)33(26,30)31;1-5-15-13(14)8-12-6-9(2)11(4)10(3)7-12;1-11(2,3)8-5-9(12)7-10(6-8)13-4;;/h5-9,11-13H,10H2,1-3H3,(H,28,29)(H2,26,30,31);6-7H,5,8H2,1-4H3;5-7H,1-3H3;2*1H4. The number of halogens is 2. The first-order valence-electron chi connectivity index (χ1n) is 19.2. The molecule has 0 heterocycles. The number of nitrogens with zero attached hydrogens (tertiary/aromatic N) is 2. The van der Waals surface area contributed by atoms with E-state index < -0.39 is 10.0 Å². The van der Waals surface area contributed by atoms with E-state index in [1.807, 2.05) is 39.0 Å². The molecule has 63 heavy (non-hydrogen) atoms. The maximum atomic E-state index is 12.7. The van der Waals surface area contributed by atoms with Gasteiger partial charge in [0.25, 0.3) is 0 Å². The second-order valence-electron chi connectivity index (χ2n) is 15.5. The molecule has 0 atom stereocenters. The molecule has 0 spiro atoms. The van der Waals surface area contributed by atoms with Crippen LogP contribution in [0.25, 0.3) is 9.69 Å². The zero-order valence-electron chi connectivity index (χ0n) is 36.2. The molecule has 336 valence electrons. The molecule has 1 amide bonds. The highest BCUT2D eigenvalue weighted by molar-refractivity contribution is 7.89. The van der Waals surface area contributed by atoms with Gasteiger partial charge in [0.2, 0.25) is 15.9 Å². The highest BCUT2D eigenvalue weighted by Gasteiger charge is 2.16. The summed E-state index contributed by atoms with van der Waals surface area (Å²) in [5.41, 5.74) is 10.6. The molecule has 0 saturated heterocycles. The molecule has 0 saturated carbocycles. The Bertz CT molecular complexity index is 2600. The van der Waals surface area contributed by atoms with Crippen molar-refractivity contribution in [3.63, 3.8) is 0 Å². The van der Waals surface area contributed by atoms with E-state index in [1.165, 1.54) is 34.9 Å². The number of carbonyl (C=O) groups excluding carboxylic acids is 2. The number of rotatable bonds is 9. The highest BCUT2D eigenvalue weighted by Crippen LogP contribution is 2.34. The molecule has 0 aromatic heterocycles. The molecule has 5 aromatic carbocycles. The molecule has 5 aromatic rings. The smallest absolute Gasteiger partial charge is 0.310 e. The lowest BCUT2D eigenvalue weighted by Crippen LogP contribution is -2.16. The summed E-state index contributed by atoms with van der Waals surface area (Å²) < 4.78 is 33.9. The van der Waals surface area contributed by atoms with Crippen LogP contribution in [0, 0.1) is 54.7 Å². The van der Waals surface area contributed by atoms with Gasteiger partial charge in [0.15, 0.2) is 11.4 Å². The Kier molecular flexibility index (Phi) is 21.3. The Hall–Kier alpha value is -5.69. The number of anilines is 1. The summed E-state index contributed by atoms with van der Waals surface area (Å²) in [7, 11) is -3.82. The van der Waals surface area contributed by atoms with E-state index in [2.05, 4.69) is 68.7 Å². The van der Waals surface area contributed by atoms with E-state index in [0.717, 1.165) is 27.8 Å². The molecule has 0 fully saturated rings.